The van der Waals surface area contributed by atoms with E-state index in [1.165, 1.54) is 12.1 Å². The van der Waals surface area contributed by atoms with Crippen LogP contribution < -0.4 is 10.0 Å². The van der Waals surface area contributed by atoms with Crippen LogP contribution in [0, 0.1) is 0 Å². The molecule has 1 aromatic carbocycles. The van der Waals surface area contributed by atoms with Crippen LogP contribution in [-0.2, 0) is 19.6 Å². The fraction of sp³-hybridized carbons (Fsp3) is 0.462. The minimum Gasteiger partial charge on any atom is -0.376 e. The van der Waals surface area contributed by atoms with Crippen LogP contribution in [0.3, 0.4) is 0 Å². The van der Waals surface area contributed by atoms with Gasteiger partial charge in [-0.2, -0.15) is 0 Å². The molecule has 1 aliphatic heterocycles. The third-order valence-electron chi connectivity index (χ3n) is 3.00. The van der Waals surface area contributed by atoms with Crippen LogP contribution in [0.5, 0.6) is 0 Å². The van der Waals surface area contributed by atoms with E-state index in [2.05, 4.69) is 10.0 Å². The van der Waals surface area contributed by atoms with E-state index < -0.39 is 15.9 Å². The topological polar surface area (TPSA) is 84.5 Å². The Morgan fingerprint density at radius 2 is 2.10 bits per heavy atom. The van der Waals surface area contributed by atoms with Crippen molar-refractivity contribution < 1.29 is 17.9 Å². The number of hydrogen-bond donors (Lipinski definition) is 2. The van der Waals surface area contributed by atoms with Gasteiger partial charge in [0.05, 0.1) is 17.6 Å². The molecule has 1 heterocycles. The standard InChI is InChI=1S/C13H18N2O4S/c16-13(7-6-11-10-14-8-9-19-11)15-20(17,18)12-4-2-1-3-5-12/h1-5,11,14H,6-10H2,(H,15,16). The Hall–Kier alpha value is -1.44. The smallest absolute Gasteiger partial charge is 0.264 e. The second kappa shape index (κ2) is 6.83. The molecule has 1 amide bonds. The maximum absolute atomic E-state index is 11.9. The zero-order chi connectivity index (χ0) is 14.4. The van der Waals surface area contributed by atoms with Crippen LogP contribution >= 0.6 is 0 Å². The largest absolute Gasteiger partial charge is 0.376 e. The van der Waals surface area contributed by atoms with Crippen molar-refractivity contribution in [1.82, 2.24) is 10.0 Å². The number of nitrogens with one attached hydrogen (secondary N) is 2. The molecule has 6 nitrogen and oxygen atoms in total. The first-order valence-electron chi connectivity index (χ1n) is 6.51. The Morgan fingerprint density at radius 1 is 1.35 bits per heavy atom. The van der Waals surface area contributed by atoms with Crippen LogP contribution in [0.1, 0.15) is 12.8 Å². The SMILES string of the molecule is O=C(CCC1CNCCO1)NS(=O)(=O)c1ccccc1. The lowest BCUT2D eigenvalue weighted by Gasteiger charge is -2.23. The number of sulfonamides is 1. The molecule has 1 saturated heterocycles. The van der Waals surface area contributed by atoms with Crippen molar-refractivity contribution in [1.29, 1.82) is 0 Å². The average molecular weight is 298 g/mol. The zero-order valence-corrected chi connectivity index (χ0v) is 11.9. The van der Waals surface area contributed by atoms with Crippen molar-refractivity contribution in [3.8, 4) is 0 Å². The van der Waals surface area contributed by atoms with E-state index in [0.717, 1.165) is 6.54 Å². The third kappa shape index (κ3) is 4.29. The van der Waals surface area contributed by atoms with E-state index >= 15 is 0 Å². The quantitative estimate of drug-likeness (QED) is 0.814. The molecule has 7 heteroatoms. The Labute approximate surface area is 118 Å². The second-order valence-corrected chi connectivity index (χ2v) is 6.26. The first-order valence-corrected chi connectivity index (χ1v) is 7.99. The van der Waals surface area contributed by atoms with E-state index in [1.54, 1.807) is 18.2 Å². The number of morpholine rings is 1. The van der Waals surface area contributed by atoms with E-state index in [1.807, 2.05) is 0 Å². The number of benzene rings is 1. The third-order valence-corrected chi connectivity index (χ3v) is 4.39. The molecule has 1 atom stereocenters. The van der Waals surface area contributed by atoms with E-state index in [0.29, 0.717) is 19.6 Å². The Bertz CT molecular complexity index is 539. The summed E-state index contributed by atoms with van der Waals surface area (Å²) in [6, 6.07) is 7.84. The molecular formula is C13H18N2O4S. The van der Waals surface area contributed by atoms with Crippen LogP contribution in [0.25, 0.3) is 0 Å². The summed E-state index contributed by atoms with van der Waals surface area (Å²) in [4.78, 5) is 11.8. The first kappa shape index (κ1) is 15.0. The second-order valence-electron chi connectivity index (χ2n) is 4.58. The summed E-state index contributed by atoms with van der Waals surface area (Å²) in [6.07, 6.45) is 0.593. The van der Waals surface area contributed by atoms with E-state index in [-0.39, 0.29) is 17.4 Å². The monoisotopic (exact) mass is 298 g/mol. The van der Waals surface area contributed by atoms with Crippen LogP contribution in [0.15, 0.2) is 35.2 Å². The Morgan fingerprint density at radius 3 is 2.75 bits per heavy atom. The van der Waals surface area contributed by atoms with Gasteiger partial charge in [-0.3, -0.25) is 4.79 Å². The molecule has 2 N–H and O–H groups in total. The van der Waals surface area contributed by atoms with E-state index in [4.69, 9.17) is 4.74 Å². The Balaban J connectivity index is 1.84. The highest BCUT2D eigenvalue weighted by Crippen LogP contribution is 2.09. The van der Waals surface area contributed by atoms with Crippen molar-refractivity contribution in [2.45, 2.75) is 23.8 Å². The molecule has 0 saturated carbocycles. The van der Waals surface area contributed by atoms with Gasteiger partial charge in [-0.05, 0) is 18.6 Å². The molecule has 1 fully saturated rings. The van der Waals surface area contributed by atoms with Gasteiger partial charge in [0.15, 0.2) is 0 Å². The molecule has 1 unspecified atom stereocenters. The molecule has 0 spiro atoms. The van der Waals surface area contributed by atoms with Gasteiger partial charge in [-0.25, -0.2) is 13.1 Å². The summed E-state index contributed by atoms with van der Waals surface area (Å²) >= 11 is 0. The van der Waals surface area contributed by atoms with Crippen LogP contribution in [0.4, 0.5) is 0 Å². The molecule has 0 aliphatic carbocycles. The molecule has 1 aliphatic rings. The fourth-order valence-electron chi connectivity index (χ4n) is 1.96. The molecule has 2 rings (SSSR count). The van der Waals surface area contributed by atoms with Gasteiger partial charge in [-0.1, -0.05) is 18.2 Å². The Kier molecular flexibility index (Phi) is 5.11. The average Bonchev–Trinajstić information content (AvgIpc) is 2.47. The van der Waals surface area contributed by atoms with Gasteiger partial charge in [0.1, 0.15) is 0 Å². The molecule has 20 heavy (non-hydrogen) atoms. The maximum Gasteiger partial charge on any atom is 0.264 e. The summed E-state index contributed by atoms with van der Waals surface area (Å²) in [6.45, 7) is 2.12. The molecular weight excluding hydrogens is 280 g/mol. The van der Waals surface area contributed by atoms with Gasteiger partial charge in [0.25, 0.3) is 10.0 Å². The zero-order valence-electron chi connectivity index (χ0n) is 11.0. The van der Waals surface area contributed by atoms with Crippen molar-refractivity contribution >= 4 is 15.9 Å². The highest BCUT2D eigenvalue weighted by Gasteiger charge is 2.19. The lowest BCUT2D eigenvalue weighted by atomic mass is 10.2. The predicted octanol–water partition coefficient (Wildman–Crippen LogP) is 0.260. The highest BCUT2D eigenvalue weighted by atomic mass is 32.2. The summed E-state index contributed by atoms with van der Waals surface area (Å²) < 4.78 is 31.4. The summed E-state index contributed by atoms with van der Waals surface area (Å²) in [5.41, 5.74) is 0. The molecule has 0 bridgehead atoms. The molecule has 0 radical (unpaired) electrons. The number of hydrogen-bond acceptors (Lipinski definition) is 5. The van der Waals surface area contributed by atoms with E-state index in [9.17, 15) is 13.2 Å². The minimum absolute atomic E-state index is 0.0334. The lowest BCUT2D eigenvalue weighted by molar-refractivity contribution is -0.120. The van der Waals surface area contributed by atoms with Gasteiger partial charge in [-0.15, -0.1) is 0 Å². The van der Waals surface area contributed by atoms with Crippen molar-refractivity contribution in [3.05, 3.63) is 30.3 Å². The number of rotatable bonds is 5. The lowest BCUT2D eigenvalue weighted by Crippen LogP contribution is -2.39. The number of carbonyl (C=O) groups excluding carboxylic acids is 1. The normalized spacial score (nSPS) is 19.5. The molecule has 110 valence electrons. The predicted molar refractivity (Wildman–Crippen MR) is 73.6 cm³/mol. The summed E-state index contributed by atoms with van der Waals surface area (Å²) in [5.74, 6) is -0.511. The molecule has 0 aromatic heterocycles. The van der Waals surface area contributed by atoms with Crippen molar-refractivity contribution in [2.75, 3.05) is 19.7 Å². The van der Waals surface area contributed by atoms with Gasteiger partial charge in [0.2, 0.25) is 5.91 Å². The number of amides is 1. The fourth-order valence-corrected chi connectivity index (χ4v) is 2.99. The van der Waals surface area contributed by atoms with Crippen molar-refractivity contribution in [3.63, 3.8) is 0 Å². The van der Waals surface area contributed by atoms with Gasteiger partial charge >= 0.3 is 0 Å². The van der Waals surface area contributed by atoms with Crippen molar-refractivity contribution in [2.24, 2.45) is 0 Å². The number of carbonyl (C=O) groups is 1. The first-order chi connectivity index (χ1) is 9.58. The number of ether oxygens (including phenoxy) is 1. The molecule has 1 aromatic rings. The summed E-state index contributed by atoms with van der Waals surface area (Å²) in [7, 11) is -3.77. The van der Waals surface area contributed by atoms with Crippen LogP contribution in [-0.4, -0.2) is 40.1 Å². The maximum atomic E-state index is 11.9. The highest BCUT2D eigenvalue weighted by molar-refractivity contribution is 7.90. The van der Waals surface area contributed by atoms with Gasteiger partial charge in [0, 0.05) is 19.5 Å². The minimum atomic E-state index is -3.77. The van der Waals surface area contributed by atoms with Gasteiger partial charge < -0.3 is 10.1 Å². The summed E-state index contributed by atoms with van der Waals surface area (Å²) in [5, 5.41) is 3.16. The van der Waals surface area contributed by atoms with Crippen LogP contribution in [0.2, 0.25) is 0 Å².